The van der Waals surface area contributed by atoms with Crippen LogP contribution in [0.5, 0.6) is 0 Å². The van der Waals surface area contributed by atoms with E-state index >= 15 is 0 Å². The average Bonchev–Trinajstić information content (AvgIpc) is 2.38. The summed E-state index contributed by atoms with van der Waals surface area (Å²) >= 11 is 0. The molecule has 20 heavy (non-hydrogen) atoms. The standard InChI is InChI=1S/C14H29F3N2O/c1-4-9-18-13(2,12-20)7-5-6-10-19(3)11-8-14(15,16)17/h18,20H,4-12H2,1-3H3. The third-order valence-corrected chi connectivity index (χ3v) is 3.45. The van der Waals surface area contributed by atoms with Gasteiger partial charge in [0.1, 0.15) is 0 Å². The van der Waals surface area contributed by atoms with Crippen molar-refractivity contribution in [2.45, 2.75) is 57.7 Å². The number of aliphatic hydroxyl groups is 1. The zero-order valence-electron chi connectivity index (χ0n) is 12.9. The molecule has 0 rings (SSSR count). The summed E-state index contributed by atoms with van der Waals surface area (Å²) in [6, 6.07) is 0. The fourth-order valence-electron chi connectivity index (χ4n) is 1.98. The molecule has 0 heterocycles. The monoisotopic (exact) mass is 298 g/mol. The van der Waals surface area contributed by atoms with Gasteiger partial charge in [-0.2, -0.15) is 13.2 Å². The number of rotatable bonds is 11. The van der Waals surface area contributed by atoms with Gasteiger partial charge in [0.05, 0.1) is 13.0 Å². The topological polar surface area (TPSA) is 35.5 Å². The molecule has 0 aliphatic heterocycles. The zero-order chi connectivity index (χ0) is 15.6. The number of nitrogens with one attached hydrogen (secondary N) is 1. The number of hydrogen-bond acceptors (Lipinski definition) is 3. The summed E-state index contributed by atoms with van der Waals surface area (Å²) in [7, 11) is 1.71. The molecule has 0 amide bonds. The minimum atomic E-state index is -4.08. The van der Waals surface area contributed by atoms with Crippen LogP contribution in [0.4, 0.5) is 13.2 Å². The summed E-state index contributed by atoms with van der Waals surface area (Å²) in [5, 5.41) is 12.7. The van der Waals surface area contributed by atoms with Crippen molar-refractivity contribution < 1.29 is 18.3 Å². The highest BCUT2D eigenvalue weighted by atomic mass is 19.4. The van der Waals surface area contributed by atoms with Gasteiger partial charge in [0.25, 0.3) is 0 Å². The van der Waals surface area contributed by atoms with E-state index in [1.807, 2.05) is 6.92 Å². The number of hydrogen-bond donors (Lipinski definition) is 2. The van der Waals surface area contributed by atoms with Gasteiger partial charge in [0.2, 0.25) is 0 Å². The van der Waals surface area contributed by atoms with Gasteiger partial charge in [-0.25, -0.2) is 0 Å². The maximum atomic E-state index is 12.1. The fourth-order valence-corrected chi connectivity index (χ4v) is 1.98. The molecular formula is C14H29F3N2O. The van der Waals surface area contributed by atoms with Crippen LogP contribution in [0.1, 0.15) is 46.0 Å². The van der Waals surface area contributed by atoms with E-state index in [9.17, 15) is 18.3 Å². The van der Waals surface area contributed by atoms with Gasteiger partial charge in [-0.1, -0.05) is 13.3 Å². The summed E-state index contributed by atoms with van der Waals surface area (Å²) in [5.74, 6) is 0. The van der Waals surface area contributed by atoms with Crippen molar-refractivity contribution in [3.05, 3.63) is 0 Å². The van der Waals surface area contributed by atoms with Crippen LogP contribution in [0.25, 0.3) is 0 Å². The Balaban J connectivity index is 3.77. The van der Waals surface area contributed by atoms with E-state index in [2.05, 4.69) is 12.2 Å². The van der Waals surface area contributed by atoms with Crippen molar-refractivity contribution in [3.63, 3.8) is 0 Å². The largest absolute Gasteiger partial charge is 0.394 e. The third kappa shape index (κ3) is 10.5. The van der Waals surface area contributed by atoms with Crippen molar-refractivity contribution in [2.24, 2.45) is 0 Å². The molecule has 6 heteroatoms. The molecule has 3 nitrogen and oxygen atoms in total. The molecule has 0 aromatic carbocycles. The lowest BCUT2D eigenvalue weighted by Crippen LogP contribution is -2.46. The van der Waals surface area contributed by atoms with E-state index in [0.717, 1.165) is 32.2 Å². The highest BCUT2D eigenvalue weighted by Gasteiger charge is 2.27. The van der Waals surface area contributed by atoms with E-state index in [0.29, 0.717) is 6.54 Å². The van der Waals surface area contributed by atoms with Crippen molar-refractivity contribution in [3.8, 4) is 0 Å². The Morgan fingerprint density at radius 1 is 1.10 bits per heavy atom. The Bertz CT molecular complexity index is 249. The first-order valence-corrected chi connectivity index (χ1v) is 7.33. The lowest BCUT2D eigenvalue weighted by atomic mass is 9.95. The molecule has 0 aliphatic carbocycles. The molecule has 2 N–H and O–H groups in total. The Kier molecular flexibility index (Phi) is 9.42. The van der Waals surface area contributed by atoms with Crippen molar-refractivity contribution >= 4 is 0 Å². The summed E-state index contributed by atoms with van der Waals surface area (Å²) in [6.07, 6.45) is -1.25. The highest BCUT2D eigenvalue weighted by molar-refractivity contribution is 4.81. The summed E-state index contributed by atoms with van der Waals surface area (Å²) in [4.78, 5) is 1.71. The summed E-state index contributed by atoms with van der Waals surface area (Å²) in [6.45, 7) is 5.70. The molecule has 0 spiro atoms. The molecular weight excluding hydrogens is 269 g/mol. The predicted octanol–water partition coefficient (Wildman–Crippen LogP) is 2.79. The number of halogens is 3. The van der Waals surface area contributed by atoms with Gasteiger partial charge in [-0.15, -0.1) is 0 Å². The van der Waals surface area contributed by atoms with E-state index in [1.54, 1.807) is 11.9 Å². The second kappa shape index (κ2) is 9.58. The summed E-state index contributed by atoms with van der Waals surface area (Å²) in [5.41, 5.74) is -0.277. The van der Waals surface area contributed by atoms with E-state index in [-0.39, 0.29) is 18.7 Å². The maximum absolute atomic E-state index is 12.1. The molecule has 0 bridgehead atoms. The fraction of sp³-hybridized carbons (Fsp3) is 1.00. The Morgan fingerprint density at radius 3 is 2.25 bits per heavy atom. The Hall–Kier alpha value is -0.330. The van der Waals surface area contributed by atoms with Gasteiger partial charge in [0, 0.05) is 12.1 Å². The second-order valence-electron chi connectivity index (χ2n) is 5.77. The van der Waals surface area contributed by atoms with Crippen molar-refractivity contribution in [1.82, 2.24) is 10.2 Å². The zero-order valence-corrected chi connectivity index (χ0v) is 12.9. The quantitative estimate of drug-likeness (QED) is 0.576. The number of alkyl halides is 3. The van der Waals surface area contributed by atoms with Gasteiger partial charge >= 0.3 is 6.18 Å². The molecule has 0 radical (unpaired) electrons. The van der Waals surface area contributed by atoms with Crippen molar-refractivity contribution in [1.29, 1.82) is 0 Å². The van der Waals surface area contributed by atoms with Crippen molar-refractivity contribution in [2.75, 3.05) is 33.3 Å². The van der Waals surface area contributed by atoms with Crippen LogP contribution in [0.3, 0.4) is 0 Å². The smallest absolute Gasteiger partial charge is 0.390 e. The molecule has 0 aromatic rings. The predicted molar refractivity (Wildman–Crippen MR) is 75.8 cm³/mol. The Morgan fingerprint density at radius 2 is 1.75 bits per heavy atom. The van der Waals surface area contributed by atoms with Crippen LogP contribution in [-0.4, -0.2) is 55.0 Å². The van der Waals surface area contributed by atoms with Crippen LogP contribution in [0.2, 0.25) is 0 Å². The molecule has 0 saturated heterocycles. The normalized spacial score (nSPS) is 15.6. The van der Waals surface area contributed by atoms with Gasteiger partial charge in [-0.05, 0) is 46.3 Å². The molecule has 0 aliphatic rings. The number of aliphatic hydroxyl groups excluding tert-OH is 1. The average molecular weight is 298 g/mol. The van der Waals surface area contributed by atoms with Crippen LogP contribution < -0.4 is 5.32 Å². The molecule has 122 valence electrons. The van der Waals surface area contributed by atoms with Crippen LogP contribution in [-0.2, 0) is 0 Å². The van der Waals surface area contributed by atoms with Gasteiger partial charge < -0.3 is 15.3 Å². The summed E-state index contributed by atoms with van der Waals surface area (Å²) < 4.78 is 36.2. The van der Waals surface area contributed by atoms with Crippen LogP contribution in [0.15, 0.2) is 0 Å². The SMILES string of the molecule is CCCNC(C)(CO)CCCCN(C)CCC(F)(F)F. The Labute approximate surface area is 120 Å². The number of unbranched alkanes of at least 4 members (excludes halogenated alkanes) is 1. The second-order valence-corrected chi connectivity index (χ2v) is 5.77. The molecule has 1 atom stereocenters. The van der Waals surface area contributed by atoms with Crippen LogP contribution in [0, 0.1) is 0 Å². The molecule has 0 saturated carbocycles. The maximum Gasteiger partial charge on any atom is 0.390 e. The van der Waals surface area contributed by atoms with E-state index in [1.165, 1.54) is 0 Å². The highest BCUT2D eigenvalue weighted by Crippen LogP contribution is 2.19. The lowest BCUT2D eigenvalue weighted by molar-refractivity contribution is -0.137. The number of nitrogens with zero attached hydrogens (tertiary/aromatic N) is 1. The first-order chi connectivity index (χ1) is 9.22. The third-order valence-electron chi connectivity index (χ3n) is 3.45. The minimum Gasteiger partial charge on any atom is -0.394 e. The van der Waals surface area contributed by atoms with Crippen LogP contribution >= 0.6 is 0 Å². The van der Waals surface area contributed by atoms with E-state index < -0.39 is 12.6 Å². The first-order valence-electron chi connectivity index (χ1n) is 7.33. The molecule has 1 unspecified atom stereocenters. The lowest BCUT2D eigenvalue weighted by Gasteiger charge is -2.29. The molecule has 0 fully saturated rings. The first kappa shape index (κ1) is 19.7. The molecule has 0 aromatic heterocycles. The van der Waals surface area contributed by atoms with E-state index in [4.69, 9.17) is 0 Å². The minimum absolute atomic E-state index is 0.0504. The van der Waals surface area contributed by atoms with Gasteiger partial charge in [0.15, 0.2) is 0 Å². The van der Waals surface area contributed by atoms with Gasteiger partial charge in [-0.3, -0.25) is 0 Å².